The summed E-state index contributed by atoms with van der Waals surface area (Å²) >= 11 is 21.1. The minimum atomic E-state index is -1.18. The highest BCUT2D eigenvalue weighted by atomic mass is 79.9. The molecule has 1 heterocycles. The molecule has 0 spiro atoms. The minimum Gasteiger partial charge on any atom is -0.477 e. The van der Waals surface area contributed by atoms with E-state index in [4.69, 9.17) is 39.9 Å². The molecule has 88 valence electrons. The third-order valence-electron chi connectivity index (χ3n) is 2.11. The molecule has 3 nitrogen and oxygen atoms in total. The molecule has 1 aromatic heterocycles. The van der Waals surface area contributed by atoms with E-state index in [9.17, 15) is 4.79 Å². The summed E-state index contributed by atoms with van der Waals surface area (Å²) in [5.74, 6) is -1.18. The second-order valence-electron chi connectivity index (χ2n) is 3.18. The van der Waals surface area contributed by atoms with Crippen molar-refractivity contribution >= 4 is 67.6 Å². The van der Waals surface area contributed by atoms with Gasteiger partial charge in [0.05, 0.1) is 20.6 Å². The summed E-state index contributed by atoms with van der Waals surface area (Å²) in [6.45, 7) is 0. The lowest BCUT2D eigenvalue weighted by Gasteiger charge is -2.07. The molecule has 0 saturated carbocycles. The molecular formula is C10H3BrCl3NO2. The van der Waals surface area contributed by atoms with E-state index in [1.165, 1.54) is 6.07 Å². The number of hydrogen-bond acceptors (Lipinski definition) is 2. The predicted molar refractivity (Wildman–Crippen MR) is 71.4 cm³/mol. The van der Waals surface area contributed by atoms with Crippen molar-refractivity contribution in [1.82, 2.24) is 4.98 Å². The highest BCUT2D eigenvalue weighted by molar-refractivity contribution is 9.10. The first-order chi connectivity index (χ1) is 7.91. The van der Waals surface area contributed by atoms with Gasteiger partial charge in [0.2, 0.25) is 0 Å². The number of nitrogens with zero attached hydrogens (tertiary/aromatic N) is 1. The standard InChI is InChI=1S/C10H3BrCl3NO2/c11-4-1-3-5(12)2-6(10(16)17)15-9(3)8(14)7(4)13/h1-2H,(H,16,17). The molecule has 0 aliphatic carbocycles. The van der Waals surface area contributed by atoms with E-state index in [2.05, 4.69) is 20.9 Å². The normalized spacial score (nSPS) is 10.8. The van der Waals surface area contributed by atoms with Gasteiger partial charge in [-0.2, -0.15) is 0 Å². The Balaban J connectivity index is 2.92. The number of aromatic nitrogens is 1. The van der Waals surface area contributed by atoms with Crippen LogP contribution in [0.4, 0.5) is 0 Å². The summed E-state index contributed by atoms with van der Waals surface area (Å²) in [4.78, 5) is 14.8. The molecule has 1 aromatic carbocycles. The highest BCUT2D eigenvalue weighted by Crippen LogP contribution is 2.38. The Morgan fingerprint density at radius 2 is 1.88 bits per heavy atom. The van der Waals surface area contributed by atoms with Crippen LogP contribution in [0.25, 0.3) is 10.9 Å². The van der Waals surface area contributed by atoms with Crippen molar-refractivity contribution in [3.8, 4) is 0 Å². The van der Waals surface area contributed by atoms with E-state index >= 15 is 0 Å². The fourth-order valence-corrected chi connectivity index (χ4v) is 2.52. The summed E-state index contributed by atoms with van der Waals surface area (Å²) in [6, 6.07) is 2.91. The maximum absolute atomic E-state index is 10.9. The number of aromatic carboxylic acids is 1. The number of benzene rings is 1. The predicted octanol–water partition coefficient (Wildman–Crippen LogP) is 4.66. The monoisotopic (exact) mass is 353 g/mol. The molecule has 0 amide bonds. The van der Waals surface area contributed by atoms with Crippen LogP contribution in [0.3, 0.4) is 0 Å². The topological polar surface area (TPSA) is 50.2 Å². The molecule has 2 rings (SSSR count). The van der Waals surface area contributed by atoms with Gasteiger partial charge < -0.3 is 5.11 Å². The van der Waals surface area contributed by atoms with Crippen molar-refractivity contribution in [1.29, 1.82) is 0 Å². The number of carbonyl (C=O) groups is 1. The van der Waals surface area contributed by atoms with Crippen LogP contribution in [-0.2, 0) is 0 Å². The summed E-state index contributed by atoms with van der Waals surface area (Å²) in [7, 11) is 0. The average Bonchev–Trinajstić information content (AvgIpc) is 2.27. The lowest BCUT2D eigenvalue weighted by Crippen LogP contribution is -2.00. The van der Waals surface area contributed by atoms with Gasteiger partial charge in [-0.15, -0.1) is 0 Å². The van der Waals surface area contributed by atoms with Gasteiger partial charge in [-0.25, -0.2) is 9.78 Å². The van der Waals surface area contributed by atoms with Gasteiger partial charge in [0.1, 0.15) is 5.69 Å². The molecule has 0 saturated heterocycles. The molecule has 0 bridgehead atoms. The Morgan fingerprint density at radius 1 is 1.24 bits per heavy atom. The Kier molecular flexibility index (Phi) is 3.50. The van der Waals surface area contributed by atoms with Crippen molar-refractivity contribution < 1.29 is 9.90 Å². The van der Waals surface area contributed by atoms with E-state index in [1.807, 2.05) is 0 Å². The van der Waals surface area contributed by atoms with Crippen molar-refractivity contribution in [3.63, 3.8) is 0 Å². The third kappa shape index (κ3) is 2.22. The zero-order valence-corrected chi connectivity index (χ0v) is 11.8. The fraction of sp³-hybridized carbons (Fsp3) is 0. The second-order valence-corrected chi connectivity index (χ2v) is 5.19. The maximum Gasteiger partial charge on any atom is 0.354 e. The van der Waals surface area contributed by atoms with Crippen LogP contribution < -0.4 is 0 Å². The van der Waals surface area contributed by atoms with Crippen LogP contribution in [-0.4, -0.2) is 16.1 Å². The lowest BCUT2D eigenvalue weighted by molar-refractivity contribution is 0.0691. The van der Waals surface area contributed by atoms with Crippen LogP contribution in [0.5, 0.6) is 0 Å². The number of hydrogen-bond donors (Lipinski definition) is 1. The number of pyridine rings is 1. The molecule has 0 atom stereocenters. The summed E-state index contributed by atoms with van der Waals surface area (Å²) in [5, 5.41) is 10.1. The van der Waals surface area contributed by atoms with E-state index < -0.39 is 5.97 Å². The minimum absolute atomic E-state index is 0.168. The van der Waals surface area contributed by atoms with Crippen LogP contribution in [0.1, 0.15) is 10.5 Å². The van der Waals surface area contributed by atoms with Crippen molar-refractivity contribution in [2.24, 2.45) is 0 Å². The van der Waals surface area contributed by atoms with Crippen molar-refractivity contribution in [2.75, 3.05) is 0 Å². The van der Waals surface area contributed by atoms with Gasteiger partial charge in [0, 0.05) is 9.86 Å². The molecule has 0 aliphatic heterocycles. The summed E-state index contributed by atoms with van der Waals surface area (Å²) in [6.07, 6.45) is 0. The quantitative estimate of drug-likeness (QED) is 0.757. The smallest absolute Gasteiger partial charge is 0.354 e. The number of fused-ring (bicyclic) bond motifs is 1. The van der Waals surface area contributed by atoms with Gasteiger partial charge in [-0.1, -0.05) is 34.8 Å². The Labute approximate surface area is 119 Å². The van der Waals surface area contributed by atoms with Gasteiger partial charge in [-0.05, 0) is 28.1 Å². The molecule has 2 aromatic rings. The van der Waals surface area contributed by atoms with Gasteiger partial charge >= 0.3 is 5.97 Å². The zero-order valence-electron chi connectivity index (χ0n) is 7.97. The maximum atomic E-state index is 10.9. The number of carboxylic acids is 1. The first-order valence-corrected chi connectivity index (χ1v) is 6.21. The number of carboxylic acid groups (broad SMARTS) is 1. The molecule has 1 N–H and O–H groups in total. The Hall–Kier alpha value is -0.550. The lowest BCUT2D eigenvalue weighted by atomic mass is 10.2. The molecule has 0 radical (unpaired) electrons. The van der Waals surface area contributed by atoms with Crippen LogP contribution >= 0.6 is 50.7 Å². The summed E-state index contributed by atoms with van der Waals surface area (Å²) in [5.41, 5.74) is 0.0903. The zero-order chi connectivity index (χ0) is 12.7. The second kappa shape index (κ2) is 4.61. The largest absolute Gasteiger partial charge is 0.477 e. The van der Waals surface area contributed by atoms with Crippen molar-refractivity contribution in [2.45, 2.75) is 0 Å². The molecule has 7 heteroatoms. The van der Waals surface area contributed by atoms with Crippen LogP contribution in [0.2, 0.25) is 15.1 Å². The van der Waals surface area contributed by atoms with Gasteiger partial charge in [0.25, 0.3) is 0 Å². The number of halogens is 4. The Morgan fingerprint density at radius 3 is 2.47 bits per heavy atom. The SMILES string of the molecule is O=C(O)c1cc(Cl)c2cc(Br)c(Cl)c(Cl)c2n1. The van der Waals surface area contributed by atoms with Gasteiger partial charge in [0.15, 0.2) is 0 Å². The molecular weight excluding hydrogens is 352 g/mol. The van der Waals surface area contributed by atoms with Crippen LogP contribution in [0.15, 0.2) is 16.6 Å². The van der Waals surface area contributed by atoms with E-state index in [0.717, 1.165) is 0 Å². The first kappa shape index (κ1) is 12.9. The van der Waals surface area contributed by atoms with Crippen LogP contribution in [0, 0.1) is 0 Å². The summed E-state index contributed by atoms with van der Waals surface area (Å²) < 4.78 is 0.573. The molecule has 0 unspecified atom stereocenters. The van der Waals surface area contributed by atoms with E-state index in [-0.39, 0.29) is 26.3 Å². The average molecular weight is 355 g/mol. The highest BCUT2D eigenvalue weighted by Gasteiger charge is 2.15. The molecule has 0 aliphatic rings. The number of rotatable bonds is 1. The Bertz CT molecular complexity index is 645. The van der Waals surface area contributed by atoms with E-state index in [0.29, 0.717) is 9.86 Å². The van der Waals surface area contributed by atoms with E-state index in [1.54, 1.807) is 6.07 Å². The molecule has 0 fully saturated rings. The first-order valence-electron chi connectivity index (χ1n) is 4.29. The van der Waals surface area contributed by atoms with Crippen molar-refractivity contribution in [3.05, 3.63) is 37.4 Å². The third-order valence-corrected chi connectivity index (χ3v) is 4.13. The molecule has 17 heavy (non-hydrogen) atoms. The van der Waals surface area contributed by atoms with Gasteiger partial charge in [-0.3, -0.25) is 0 Å². The fourth-order valence-electron chi connectivity index (χ4n) is 1.34.